The van der Waals surface area contributed by atoms with Crippen LogP contribution in [0.1, 0.15) is 19.8 Å². The van der Waals surface area contributed by atoms with Crippen LogP contribution in [0.2, 0.25) is 0 Å². The maximum Gasteiger partial charge on any atom is 0.317 e. The van der Waals surface area contributed by atoms with Crippen LogP contribution in [0.4, 0.5) is 0 Å². The van der Waals surface area contributed by atoms with Crippen molar-refractivity contribution >= 4 is 11.9 Å². The quantitative estimate of drug-likeness (QED) is 0.371. The van der Waals surface area contributed by atoms with Crippen LogP contribution in [0.3, 0.4) is 0 Å². The highest BCUT2D eigenvalue weighted by atomic mass is 16.5. The predicted octanol–water partition coefficient (Wildman–Crippen LogP) is 1.83. The van der Waals surface area contributed by atoms with E-state index in [1.54, 1.807) is 13.2 Å². The van der Waals surface area contributed by atoms with Crippen molar-refractivity contribution in [3.05, 3.63) is 35.6 Å². The Morgan fingerprint density at radius 1 is 1.13 bits per heavy atom. The van der Waals surface area contributed by atoms with Crippen LogP contribution in [-0.4, -0.2) is 65.5 Å². The monoisotopic (exact) mass is 327 g/mol. The van der Waals surface area contributed by atoms with Gasteiger partial charge in [-0.1, -0.05) is 32.1 Å². The van der Waals surface area contributed by atoms with E-state index in [4.69, 9.17) is 14.9 Å². The van der Waals surface area contributed by atoms with E-state index in [0.29, 0.717) is 12.2 Å². The van der Waals surface area contributed by atoms with Gasteiger partial charge in [-0.2, -0.15) is 0 Å². The number of nitrogens with zero attached hydrogens (tertiary/aromatic N) is 1. The minimum Gasteiger partial charge on any atom is -0.508 e. The number of carboxylic acid groups (broad SMARTS) is 2. The molecule has 130 valence electrons. The number of allylic oxidation sites excluding steroid dienone is 2. The van der Waals surface area contributed by atoms with Gasteiger partial charge in [0.25, 0.3) is 0 Å². The molecule has 0 fully saturated rings. The standard InChI is InChI=1S/C16H25NO6/c1-4-5-13(6-7-23-3)8-14(12(2)18)9-17(10-15(19)20)11-16(21)22/h6,8,18H,2,4-5,7,9-11H2,1,3H3,(H,19,20)(H,21,22)/b13-6-,14-8-. The summed E-state index contributed by atoms with van der Waals surface area (Å²) in [5.41, 5.74) is 1.29. The SMILES string of the molecule is C=C(O)/C(=C\C(=C/COC)CCC)CN(CC(=O)O)CC(=O)O. The van der Waals surface area contributed by atoms with Gasteiger partial charge < -0.3 is 20.1 Å². The molecular formula is C16H25NO6. The van der Waals surface area contributed by atoms with E-state index in [1.165, 1.54) is 4.90 Å². The Morgan fingerprint density at radius 2 is 1.70 bits per heavy atom. The summed E-state index contributed by atoms with van der Waals surface area (Å²) in [6, 6.07) is 0. The van der Waals surface area contributed by atoms with Crippen molar-refractivity contribution in [2.24, 2.45) is 0 Å². The summed E-state index contributed by atoms with van der Waals surface area (Å²) in [5.74, 6) is -2.50. The minimum atomic E-state index is -1.14. The summed E-state index contributed by atoms with van der Waals surface area (Å²) in [5, 5.41) is 27.5. The van der Waals surface area contributed by atoms with Gasteiger partial charge in [0.1, 0.15) is 5.76 Å². The van der Waals surface area contributed by atoms with E-state index in [9.17, 15) is 14.7 Å². The Balaban J connectivity index is 5.31. The van der Waals surface area contributed by atoms with Gasteiger partial charge in [0.05, 0.1) is 19.7 Å². The van der Waals surface area contributed by atoms with Crippen molar-refractivity contribution in [1.29, 1.82) is 0 Å². The first-order valence-corrected chi connectivity index (χ1v) is 7.22. The number of ether oxygens (including phenoxy) is 1. The third-order valence-electron chi connectivity index (χ3n) is 2.89. The molecule has 0 rings (SSSR count). The van der Waals surface area contributed by atoms with Crippen LogP contribution in [0.25, 0.3) is 0 Å². The average molecular weight is 327 g/mol. The smallest absolute Gasteiger partial charge is 0.317 e. The lowest BCUT2D eigenvalue weighted by Crippen LogP contribution is -2.36. The molecule has 0 amide bonds. The van der Waals surface area contributed by atoms with Crippen LogP contribution in [0, 0.1) is 0 Å². The number of hydrogen-bond donors (Lipinski definition) is 3. The Kier molecular flexibility index (Phi) is 10.4. The van der Waals surface area contributed by atoms with Crippen molar-refractivity contribution in [3.63, 3.8) is 0 Å². The molecule has 0 aliphatic carbocycles. The fourth-order valence-corrected chi connectivity index (χ4v) is 1.95. The summed E-state index contributed by atoms with van der Waals surface area (Å²) < 4.78 is 4.99. The van der Waals surface area contributed by atoms with Gasteiger partial charge >= 0.3 is 11.9 Å². The number of methoxy groups -OCH3 is 1. The average Bonchev–Trinajstić information content (AvgIpc) is 2.42. The molecule has 0 saturated heterocycles. The summed E-state index contributed by atoms with van der Waals surface area (Å²) in [7, 11) is 1.57. The first-order chi connectivity index (χ1) is 10.8. The molecule has 3 N–H and O–H groups in total. The molecule has 0 spiro atoms. The molecule has 7 nitrogen and oxygen atoms in total. The molecular weight excluding hydrogens is 302 g/mol. The zero-order valence-electron chi connectivity index (χ0n) is 13.6. The Labute approximate surface area is 136 Å². The van der Waals surface area contributed by atoms with E-state index in [-0.39, 0.29) is 12.3 Å². The van der Waals surface area contributed by atoms with E-state index in [0.717, 1.165) is 18.4 Å². The number of aliphatic hydroxyl groups is 1. The third kappa shape index (κ3) is 10.3. The molecule has 0 aliphatic rings. The first-order valence-electron chi connectivity index (χ1n) is 7.22. The van der Waals surface area contributed by atoms with Crippen LogP contribution >= 0.6 is 0 Å². The number of aliphatic hydroxyl groups excluding tert-OH is 1. The second-order valence-corrected chi connectivity index (χ2v) is 5.03. The van der Waals surface area contributed by atoms with Gasteiger partial charge in [-0.3, -0.25) is 14.5 Å². The van der Waals surface area contributed by atoms with Crippen molar-refractivity contribution in [3.8, 4) is 0 Å². The van der Waals surface area contributed by atoms with Crippen molar-refractivity contribution in [1.82, 2.24) is 4.90 Å². The summed E-state index contributed by atoms with van der Waals surface area (Å²) in [4.78, 5) is 22.9. The van der Waals surface area contributed by atoms with Gasteiger partial charge in [-0.25, -0.2) is 0 Å². The second kappa shape index (κ2) is 11.4. The van der Waals surface area contributed by atoms with Crippen molar-refractivity contribution < 1.29 is 29.6 Å². The highest BCUT2D eigenvalue weighted by molar-refractivity contribution is 5.72. The molecule has 0 heterocycles. The molecule has 0 aromatic rings. The Morgan fingerprint density at radius 3 is 2.09 bits per heavy atom. The molecule has 0 aromatic carbocycles. The molecule has 0 saturated carbocycles. The van der Waals surface area contributed by atoms with Crippen LogP contribution < -0.4 is 0 Å². The lowest BCUT2D eigenvalue weighted by molar-refractivity contribution is -0.141. The predicted molar refractivity (Wildman–Crippen MR) is 86.4 cm³/mol. The van der Waals surface area contributed by atoms with Crippen LogP contribution in [0.5, 0.6) is 0 Å². The minimum absolute atomic E-state index is 0.0258. The lowest BCUT2D eigenvalue weighted by Gasteiger charge is -2.20. The van der Waals surface area contributed by atoms with E-state index < -0.39 is 25.0 Å². The number of aliphatic carboxylic acids is 2. The zero-order chi connectivity index (χ0) is 17.8. The molecule has 0 unspecified atom stereocenters. The maximum atomic E-state index is 10.8. The molecule has 0 aliphatic heterocycles. The number of carboxylic acids is 2. The summed E-state index contributed by atoms with van der Waals surface area (Å²) in [6.07, 6.45) is 5.18. The largest absolute Gasteiger partial charge is 0.508 e. The number of rotatable bonds is 12. The zero-order valence-corrected chi connectivity index (χ0v) is 13.6. The highest BCUT2D eigenvalue weighted by Gasteiger charge is 2.16. The molecule has 0 aromatic heterocycles. The van der Waals surface area contributed by atoms with Gasteiger partial charge in [0.2, 0.25) is 0 Å². The fourth-order valence-electron chi connectivity index (χ4n) is 1.95. The van der Waals surface area contributed by atoms with Crippen LogP contribution in [-0.2, 0) is 14.3 Å². The van der Waals surface area contributed by atoms with E-state index in [2.05, 4.69) is 6.58 Å². The van der Waals surface area contributed by atoms with Gasteiger partial charge in [0.15, 0.2) is 0 Å². The highest BCUT2D eigenvalue weighted by Crippen LogP contribution is 2.15. The number of hydrogen-bond acceptors (Lipinski definition) is 5. The topological polar surface area (TPSA) is 107 Å². The van der Waals surface area contributed by atoms with Crippen molar-refractivity contribution in [2.45, 2.75) is 19.8 Å². The van der Waals surface area contributed by atoms with Gasteiger partial charge in [-0.15, -0.1) is 0 Å². The molecule has 0 radical (unpaired) electrons. The molecule has 23 heavy (non-hydrogen) atoms. The maximum absolute atomic E-state index is 10.8. The van der Waals surface area contributed by atoms with E-state index >= 15 is 0 Å². The van der Waals surface area contributed by atoms with E-state index in [1.807, 2.05) is 13.0 Å². The van der Waals surface area contributed by atoms with Gasteiger partial charge in [0, 0.05) is 19.2 Å². The third-order valence-corrected chi connectivity index (χ3v) is 2.89. The molecule has 0 bridgehead atoms. The van der Waals surface area contributed by atoms with Crippen LogP contribution in [0.15, 0.2) is 35.6 Å². The normalized spacial score (nSPS) is 12.5. The van der Waals surface area contributed by atoms with Gasteiger partial charge in [-0.05, 0) is 12.0 Å². The summed E-state index contributed by atoms with van der Waals surface area (Å²) >= 11 is 0. The number of carbonyl (C=O) groups is 2. The lowest BCUT2D eigenvalue weighted by atomic mass is 10.0. The Hall–Kier alpha value is -2.12. The summed E-state index contributed by atoms with van der Waals surface area (Å²) in [6.45, 7) is 4.97. The van der Waals surface area contributed by atoms with Crippen molar-refractivity contribution in [2.75, 3.05) is 33.4 Å². The second-order valence-electron chi connectivity index (χ2n) is 5.03. The molecule has 0 atom stereocenters. The fraction of sp³-hybridized carbons (Fsp3) is 0.500. The first kappa shape index (κ1) is 20.9. The Bertz CT molecular complexity index is 465. The molecule has 7 heteroatoms.